The van der Waals surface area contributed by atoms with Crippen molar-refractivity contribution in [1.29, 1.82) is 0 Å². The van der Waals surface area contributed by atoms with E-state index in [2.05, 4.69) is 10.4 Å². The quantitative estimate of drug-likeness (QED) is 0.821. The topological polar surface area (TPSA) is 101 Å². The standard InChI is InChI=1S/C13H8ClN3O4/c14-7-3-1-6(2-4-7)10-11(18)15-9-5-8(13(20)21)16-17(9)12(10)19/h1-5,10H,(H,15,18)(H,20,21). The summed E-state index contributed by atoms with van der Waals surface area (Å²) in [6.45, 7) is 0. The predicted molar refractivity (Wildman–Crippen MR) is 72.6 cm³/mol. The van der Waals surface area contributed by atoms with E-state index in [-0.39, 0.29) is 11.5 Å². The van der Waals surface area contributed by atoms with Crippen LogP contribution in [0.15, 0.2) is 30.3 Å². The van der Waals surface area contributed by atoms with Crippen LogP contribution in [-0.2, 0) is 4.79 Å². The Morgan fingerprint density at radius 1 is 1.29 bits per heavy atom. The molecule has 3 rings (SSSR count). The highest BCUT2D eigenvalue weighted by Gasteiger charge is 2.37. The molecule has 8 heteroatoms. The highest BCUT2D eigenvalue weighted by Crippen LogP contribution is 2.27. The van der Waals surface area contributed by atoms with Gasteiger partial charge in [0.2, 0.25) is 5.91 Å². The van der Waals surface area contributed by atoms with E-state index in [0.717, 1.165) is 10.7 Å². The van der Waals surface area contributed by atoms with E-state index >= 15 is 0 Å². The number of halogens is 1. The highest BCUT2D eigenvalue weighted by molar-refractivity contribution is 6.30. The summed E-state index contributed by atoms with van der Waals surface area (Å²) in [5.74, 6) is -3.46. The van der Waals surface area contributed by atoms with Gasteiger partial charge in [-0.3, -0.25) is 9.59 Å². The van der Waals surface area contributed by atoms with Crippen LogP contribution in [0.25, 0.3) is 0 Å². The third kappa shape index (κ3) is 2.17. The van der Waals surface area contributed by atoms with Gasteiger partial charge in [0.25, 0.3) is 5.91 Å². The summed E-state index contributed by atoms with van der Waals surface area (Å²) in [5.41, 5.74) is 0.148. The first-order valence-electron chi connectivity index (χ1n) is 5.91. The number of amides is 1. The smallest absolute Gasteiger partial charge is 0.356 e. The molecule has 2 heterocycles. The molecule has 2 aromatic rings. The van der Waals surface area contributed by atoms with Gasteiger partial charge in [-0.05, 0) is 17.7 Å². The lowest BCUT2D eigenvalue weighted by atomic mass is 9.96. The van der Waals surface area contributed by atoms with Gasteiger partial charge in [-0.25, -0.2) is 4.79 Å². The second kappa shape index (κ2) is 4.71. The maximum Gasteiger partial charge on any atom is 0.356 e. The van der Waals surface area contributed by atoms with E-state index in [1.807, 2.05) is 0 Å². The van der Waals surface area contributed by atoms with E-state index in [9.17, 15) is 14.4 Å². The van der Waals surface area contributed by atoms with Gasteiger partial charge in [0.05, 0.1) is 0 Å². The monoisotopic (exact) mass is 305 g/mol. The Labute approximate surface area is 123 Å². The summed E-state index contributed by atoms with van der Waals surface area (Å²) in [6, 6.07) is 7.40. The molecule has 1 aromatic heterocycles. The molecule has 0 saturated carbocycles. The van der Waals surface area contributed by atoms with Crippen LogP contribution in [0.5, 0.6) is 0 Å². The molecular weight excluding hydrogens is 298 g/mol. The summed E-state index contributed by atoms with van der Waals surface area (Å²) >= 11 is 5.77. The van der Waals surface area contributed by atoms with Gasteiger partial charge in [0.1, 0.15) is 11.7 Å². The molecular formula is C13H8ClN3O4. The molecule has 0 bridgehead atoms. The van der Waals surface area contributed by atoms with Gasteiger partial charge in [-0.2, -0.15) is 9.78 Å². The number of nitrogens with one attached hydrogen (secondary N) is 1. The van der Waals surface area contributed by atoms with Crippen LogP contribution in [0, 0.1) is 0 Å². The Morgan fingerprint density at radius 2 is 1.95 bits per heavy atom. The minimum atomic E-state index is -1.28. The maximum absolute atomic E-state index is 12.4. The Balaban J connectivity index is 2.04. The molecule has 1 unspecified atom stereocenters. The van der Waals surface area contributed by atoms with Crippen molar-refractivity contribution in [3.63, 3.8) is 0 Å². The van der Waals surface area contributed by atoms with Crippen molar-refractivity contribution >= 4 is 35.2 Å². The van der Waals surface area contributed by atoms with Gasteiger partial charge in [0, 0.05) is 11.1 Å². The Bertz CT molecular complexity index is 766. The Kier molecular flexibility index (Phi) is 2.99. The fourth-order valence-corrected chi connectivity index (χ4v) is 2.25. The molecule has 2 N–H and O–H groups in total. The lowest BCUT2D eigenvalue weighted by Gasteiger charge is -2.21. The molecule has 0 fully saturated rings. The normalized spacial score (nSPS) is 17.3. The SMILES string of the molecule is O=C(O)c1cc2n(n1)C(=O)C(c1ccc(Cl)cc1)C(=O)N2. The van der Waals surface area contributed by atoms with Gasteiger partial charge in [0.15, 0.2) is 5.69 Å². The lowest BCUT2D eigenvalue weighted by Crippen LogP contribution is -2.38. The Morgan fingerprint density at radius 3 is 2.57 bits per heavy atom. The van der Waals surface area contributed by atoms with Gasteiger partial charge in [-0.15, -0.1) is 0 Å². The molecule has 106 valence electrons. The van der Waals surface area contributed by atoms with Crippen LogP contribution in [-0.4, -0.2) is 32.7 Å². The Hall–Kier alpha value is -2.67. The molecule has 7 nitrogen and oxygen atoms in total. The van der Waals surface area contributed by atoms with Crippen LogP contribution in [0.4, 0.5) is 5.82 Å². The number of carboxylic acids is 1. The van der Waals surface area contributed by atoms with Crippen molar-refractivity contribution in [3.05, 3.63) is 46.6 Å². The number of carboxylic acid groups (broad SMARTS) is 1. The number of hydrogen-bond acceptors (Lipinski definition) is 4. The summed E-state index contributed by atoms with van der Waals surface area (Å²) in [7, 11) is 0. The van der Waals surface area contributed by atoms with Crippen LogP contribution < -0.4 is 5.32 Å². The van der Waals surface area contributed by atoms with Crippen molar-refractivity contribution in [2.45, 2.75) is 5.92 Å². The van der Waals surface area contributed by atoms with E-state index in [4.69, 9.17) is 16.7 Å². The lowest BCUT2D eigenvalue weighted by molar-refractivity contribution is -0.117. The first kappa shape index (κ1) is 13.3. The van der Waals surface area contributed by atoms with E-state index in [1.165, 1.54) is 0 Å². The van der Waals surface area contributed by atoms with Crippen molar-refractivity contribution in [2.24, 2.45) is 0 Å². The third-order valence-corrected chi connectivity index (χ3v) is 3.35. The second-order valence-electron chi connectivity index (χ2n) is 4.44. The number of rotatable bonds is 2. The summed E-state index contributed by atoms with van der Waals surface area (Å²) in [6.07, 6.45) is 0. The van der Waals surface area contributed by atoms with E-state index in [0.29, 0.717) is 10.6 Å². The van der Waals surface area contributed by atoms with Crippen LogP contribution in [0.2, 0.25) is 5.02 Å². The van der Waals surface area contributed by atoms with E-state index in [1.54, 1.807) is 24.3 Å². The molecule has 0 spiro atoms. The van der Waals surface area contributed by atoms with Gasteiger partial charge in [-0.1, -0.05) is 23.7 Å². The second-order valence-corrected chi connectivity index (χ2v) is 4.88. The van der Waals surface area contributed by atoms with Crippen molar-refractivity contribution in [2.75, 3.05) is 5.32 Å². The minimum Gasteiger partial charge on any atom is -0.476 e. The average molecular weight is 306 g/mol. The molecule has 1 atom stereocenters. The number of carbonyl (C=O) groups excluding carboxylic acids is 2. The number of benzene rings is 1. The summed E-state index contributed by atoms with van der Waals surface area (Å²) in [4.78, 5) is 35.3. The highest BCUT2D eigenvalue weighted by atomic mass is 35.5. The number of hydrogen-bond donors (Lipinski definition) is 2. The first-order valence-corrected chi connectivity index (χ1v) is 6.29. The molecule has 0 saturated heterocycles. The molecule has 1 aromatic carbocycles. The fraction of sp³-hybridized carbons (Fsp3) is 0.0769. The molecule has 0 aliphatic carbocycles. The summed E-state index contributed by atoms with van der Waals surface area (Å²) < 4.78 is 0.893. The number of carbonyl (C=O) groups is 3. The van der Waals surface area contributed by atoms with Crippen LogP contribution in [0.1, 0.15) is 26.8 Å². The third-order valence-electron chi connectivity index (χ3n) is 3.10. The number of aromatic nitrogens is 2. The zero-order valence-corrected chi connectivity index (χ0v) is 11.2. The van der Waals surface area contributed by atoms with E-state index < -0.39 is 23.7 Å². The summed E-state index contributed by atoms with van der Waals surface area (Å²) in [5, 5.41) is 15.5. The average Bonchev–Trinajstić information content (AvgIpc) is 2.85. The zero-order valence-electron chi connectivity index (χ0n) is 10.4. The van der Waals surface area contributed by atoms with Crippen molar-refractivity contribution < 1.29 is 19.5 Å². The van der Waals surface area contributed by atoms with Crippen LogP contribution in [0.3, 0.4) is 0 Å². The number of anilines is 1. The fourth-order valence-electron chi connectivity index (χ4n) is 2.12. The van der Waals surface area contributed by atoms with Crippen molar-refractivity contribution in [3.8, 4) is 0 Å². The molecule has 0 radical (unpaired) electrons. The largest absolute Gasteiger partial charge is 0.476 e. The first-order chi connectivity index (χ1) is 9.97. The van der Waals surface area contributed by atoms with Crippen molar-refractivity contribution in [1.82, 2.24) is 9.78 Å². The predicted octanol–water partition coefficient (Wildman–Crippen LogP) is 1.61. The molecule has 1 amide bonds. The zero-order chi connectivity index (χ0) is 15.1. The molecule has 1 aliphatic rings. The van der Waals surface area contributed by atoms with Crippen LogP contribution >= 0.6 is 11.6 Å². The minimum absolute atomic E-state index is 0.0487. The van der Waals surface area contributed by atoms with Gasteiger partial charge >= 0.3 is 5.97 Å². The number of aromatic carboxylic acids is 1. The molecule has 1 aliphatic heterocycles. The molecule has 21 heavy (non-hydrogen) atoms. The maximum atomic E-state index is 12.4. The van der Waals surface area contributed by atoms with Gasteiger partial charge < -0.3 is 10.4 Å². The number of fused-ring (bicyclic) bond motifs is 1. The number of nitrogens with zero attached hydrogens (tertiary/aromatic N) is 2.